The Labute approximate surface area is 264 Å². The highest BCUT2D eigenvalue weighted by Gasteiger charge is 2.67. The van der Waals surface area contributed by atoms with Gasteiger partial charge in [-0.15, -0.1) is 0 Å². The number of aliphatic hydroxyl groups is 1. The van der Waals surface area contributed by atoms with E-state index in [4.69, 9.17) is 9.47 Å². The molecule has 242 valence electrons. The van der Waals surface area contributed by atoms with Crippen LogP contribution in [0.2, 0.25) is 0 Å². The first-order valence-electron chi connectivity index (χ1n) is 18.0. The first-order valence-corrected chi connectivity index (χ1v) is 18.0. The number of rotatable bonds is 11. The average molecular weight is 607 g/mol. The smallest absolute Gasteiger partial charge is 0.308 e. The molecule has 2 heterocycles. The summed E-state index contributed by atoms with van der Waals surface area (Å²) in [6.07, 6.45) is 15.5. The summed E-state index contributed by atoms with van der Waals surface area (Å²) >= 11 is 0. The van der Waals surface area contributed by atoms with Crippen LogP contribution < -0.4 is 9.47 Å². The Morgan fingerprint density at radius 1 is 1.14 bits per heavy atom. The summed E-state index contributed by atoms with van der Waals surface area (Å²) in [5.74, 6) is 3.31. The van der Waals surface area contributed by atoms with Gasteiger partial charge < -0.3 is 19.5 Å². The molecule has 7 nitrogen and oxygen atoms in total. The van der Waals surface area contributed by atoms with Crippen LogP contribution in [0.25, 0.3) is 0 Å². The minimum absolute atomic E-state index is 0.0143. The topological polar surface area (TPSA) is 79.3 Å². The first kappa shape index (κ1) is 30.5. The van der Waals surface area contributed by atoms with Gasteiger partial charge in [-0.1, -0.05) is 64.9 Å². The van der Waals surface area contributed by atoms with E-state index in [0.717, 1.165) is 76.2 Å². The van der Waals surface area contributed by atoms with E-state index in [-0.39, 0.29) is 35.5 Å². The van der Waals surface area contributed by atoms with Crippen LogP contribution in [0.15, 0.2) is 12.1 Å². The summed E-state index contributed by atoms with van der Waals surface area (Å²) in [6, 6.07) is 4.51. The molecular weight excluding hydrogens is 552 g/mol. The second-order valence-corrected chi connectivity index (χ2v) is 15.6. The number of piperidine rings is 1. The number of esters is 1. The number of ether oxygens (including phenoxy) is 2. The number of hydrogen-bond acceptors (Lipinski definition) is 6. The van der Waals surface area contributed by atoms with E-state index < -0.39 is 0 Å². The molecule has 1 saturated heterocycles. The van der Waals surface area contributed by atoms with E-state index in [9.17, 15) is 14.7 Å². The van der Waals surface area contributed by atoms with E-state index in [0.29, 0.717) is 36.0 Å². The summed E-state index contributed by atoms with van der Waals surface area (Å²) < 4.78 is 12.8. The summed E-state index contributed by atoms with van der Waals surface area (Å²) in [4.78, 5) is 31.1. The summed E-state index contributed by atoms with van der Waals surface area (Å²) in [5, 5.41) is 10.2. The third-order valence-electron chi connectivity index (χ3n) is 12.3. The minimum Gasteiger partial charge on any atom is -0.483 e. The molecule has 6 aliphatic rings. The monoisotopic (exact) mass is 606 g/mol. The van der Waals surface area contributed by atoms with E-state index in [2.05, 4.69) is 29.7 Å². The van der Waals surface area contributed by atoms with Gasteiger partial charge in [0.1, 0.15) is 6.10 Å². The third-order valence-corrected chi connectivity index (χ3v) is 12.3. The van der Waals surface area contributed by atoms with Crippen LogP contribution in [0.3, 0.4) is 0 Å². The molecule has 7 heteroatoms. The number of carbonyl (C=O) groups excluding carboxylic acids is 2. The molecule has 1 amide bonds. The fraction of sp³-hybridized carbons (Fsp3) is 0.784. The van der Waals surface area contributed by atoms with Crippen LogP contribution in [0.4, 0.5) is 0 Å². The van der Waals surface area contributed by atoms with Gasteiger partial charge in [0.2, 0.25) is 5.91 Å². The fourth-order valence-electron chi connectivity index (χ4n) is 10.2. The predicted octanol–water partition coefficient (Wildman–Crippen LogP) is 6.03. The summed E-state index contributed by atoms with van der Waals surface area (Å²) in [6.45, 7) is 8.59. The normalized spacial score (nSPS) is 33.9. The number of nitrogens with zero attached hydrogens (tertiary/aromatic N) is 2. The lowest BCUT2D eigenvalue weighted by molar-refractivity contribution is -0.143. The Morgan fingerprint density at radius 3 is 2.66 bits per heavy atom. The maximum atomic E-state index is 14.1. The zero-order chi connectivity index (χ0) is 30.6. The molecule has 7 rings (SSSR count). The molecule has 3 saturated carbocycles. The zero-order valence-corrected chi connectivity index (χ0v) is 27.3. The van der Waals surface area contributed by atoms with Gasteiger partial charge in [0.25, 0.3) is 0 Å². The van der Waals surface area contributed by atoms with Gasteiger partial charge in [0, 0.05) is 49.4 Å². The van der Waals surface area contributed by atoms with E-state index in [1.54, 1.807) is 0 Å². The van der Waals surface area contributed by atoms with Gasteiger partial charge in [-0.25, -0.2) is 0 Å². The van der Waals surface area contributed by atoms with Crippen molar-refractivity contribution in [3.05, 3.63) is 23.3 Å². The summed E-state index contributed by atoms with van der Waals surface area (Å²) in [7, 11) is 0. The highest BCUT2D eigenvalue weighted by Crippen LogP contribution is 2.64. The van der Waals surface area contributed by atoms with Crippen molar-refractivity contribution in [2.45, 2.75) is 140 Å². The van der Waals surface area contributed by atoms with Gasteiger partial charge in [0.15, 0.2) is 11.5 Å². The highest BCUT2D eigenvalue weighted by atomic mass is 16.6. The Hall–Kier alpha value is -2.12. The predicted molar refractivity (Wildman–Crippen MR) is 170 cm³/mol. The maximum Gasteiger partial charge on any atom is 0.308 e. The second-order valence-electron chi connectivity index (χ2n) is 15.6. The van der Waals surface area contributed by atoms with Crippen molar-refractivity contribution in [2.75, 3.05) is 19.6 Å². The Morgan fingerprint density at radius 2 is 1.93 bits per heavy atom. The molecule has 0 aromatic heterocycles. The van der Waals surface area contributed by atoms with E-state index in [1.807, 2.05) is 6.07 Å². The van der Waals surface area contributed by atoms with Crippen molar-refractivity contribution in [3.63, 3.8) is 0 Å². The molecule has 2 unspecified atom stereocenters. The molecular formula is C37H54N2O5. The van der Waals surface area contributed by atoms with Crippen molar-refractivity contribution in [1.82, 2.24) is 9.80 Å². The average Bonchev–Trinajstić information content (AvgIpc) is 3.58. The molecule has 1 aromatic rings. The van der Waals surface area contributed by atoms with E-state index in [1.165, 1.54) is 56.6 Å². The van der Waals surface area contributed by atoms with Gasteiger partial charge in [0.05, 0.1) is 12.1 Å². The molecule has 2 aliphatic heterocycles. The Bertz CT molecular complexity index is 1240. The standard InChI is InChI=1S/C37H54N2O5/c1-23(2)21-39(33(42)12-8-7-11-25-9-5-4-6-10-25)29-15-14-28-30-19-26-13-16-32(43-24(3)40)35-34(26)37(28,36(29)44-35)17-18-38(30)22-27-20-31(27)41/h13,16,23,25,27-31,36,41H,4-12,14-15,17-22H2,1-3H3/t27?,28-,29-,30+,31?,36-,37-/m0/s1. The number of benzene rings is 1. The fourth-order valence-corrected chi connectivity index (χ4v) is 10.2. The number of hydrogen-bond donors (Lipinski definition) is 1. The molecule has 0 radical (unpaired) electrons. The Balaban J connectivity index is 1.16. The lowest BCUT2D eigenvalue weighted by atomic mass is 9.51. The number of amides is 1. The van der Waals surface area contributed by atoms with Crippen LogP contribution in [0.5, 0.6) is 11.5 Å². The minimum atomic E-state index is -0.332. The van der Waals surface area contributed by atoms with Gasteiger partial charge in [-0.2, -0.15) is 0 Å². The van der Waals surface area contributed by atoms with Gasteiger partial charge in [-0.05, 0) is 74.5 Å². The molecule has 1 aromatic carbocycles. The number of unbranched alkanes of at least 4 members (excludes halogenated alkanes) is 1. The molecule has 4 aliphatic carbocycles. The molecule has 4 fully saturated rings. The second kappa shape index (κ2) is 12.2. The van der Waals surface area contributed by atoms with Crippen LogP contribution in [0.1, 0.15) is 115 Å². The lowest BCUT2D eigenvalue weighted by Gasteiger charge is -2.60. The first-order chi connectivity index (χ1) is 21.3. The van der Waals surface area contributed by atoms with E-state index >= 15 is 0 Å². The third kappa shape index (κ3) is 5.48. The van der Waals surface area contributed by atoms with Crippen LogP contribution >= 0.6 is 0 Å². The molecule has 7 atom stereocenters. The number of likely N-dealkylation sites (tertiary alicyclic amines) is 1. The van der Waals surface area contributed by atoms with Crippen molar-refractivity contribution in [1.29, 1.82) is 0 Å². The van der Waals surface area contributed by atoms with Crippen molar-refractivity contribution in [3.8, 4) is 11.5 Å². The molecule has 1 spiro atoms. The largest absolute Gasteiger partial charge is 0.483 e. The van der Waals surface area contributed by atoms with Crippen molar-refractivity contribution >= 4 is 11.9 Å². The number of aliphatic hydroxyl groups excluding tert-OH is 1. The van der Waals surface area contributed by atoms with Crippen LogP contribution in [-0.4, -0.2) is 70.7 Å². The van der Waals surface area contributed by atoms with Gasteiger partial charge >= 0.3 is 5.97 Å². The molecule has 2 bridgehead atoms. The van der Waals surface area contributed by atoms with Gasteiger partial charge in [-0.3, -0.25) is 14.5 Å². The zero-order valence-electron chi connectivity index (χ0n) is 27.3. The summed E-state index contributed by atoms with van der Waals surface area (Å²) in [5.41, 5.74) is 2.40. The number of carbonyl (C=O) groups is 2. The Kier molecular flexibility index (Phi) is 8.49. The van der Waals surface area contributed by atoms with Crippen molar-refractivity contribution < 1.29 is 24.2 Å². The maximum absolute atomic E-state index is 14.1. The highest BCUT2D eigenvalue weighted by molar-refractivity contribution is 5.77. The van der Waals surface area contributed by atoms with Crippen LogP contribution in [0, 0.1) is 23.7 Å². The molecule has 1 N–H and O–H groups in total. The van der Waals surface area contributed by atoms with Crippen molar-refractivity contribution in [2.24, 2.45) is 23.7 Å². The quantitative estimate of drug-likeness (QED) is 0.188. The molecule has 44 heavy (non-hydrogen) atoms. The van der Waals surface area contributed by atoms with Crippen LogP contribution in [-0.2, 0) is 21.4 Å². The SMILES string of the molecule is CC(=O)Oc1ccc2c3c1O[C@H]1[C@@H](N(CC(C)C)C(=O)CCCCC4CCCCC4)CC[C@H]4[C@@H](C2)N(CC2CC2O)CC[C@@]341. The lowest BCUT2D eigenvalue weighted by Crippen LogP contribution is -2.69.